The number of halogens is 2. The minimum absolute atomic E-state index is 0.336. The van der Waals surface area contributed by atoms with Crippen LogP contribution in [-0.4, -0.2) is 52.7 Å². The molecule has 0 amide bonds. The van der Waals surface area contributed by atoms with E-state index in [1.165, 1.54) is 17.7 Å². The SMILES string of the molecule is Fc1ccc(Cl)cc1-c1cc(-c2cncc(-c3ccc(CCN4CCOCC4)cc3)c2)c2cccnc2n1. The number of ether oxygens (including phenoxy) is 1. The lowest BCUT2D eigenvalue weighted by Crippen LogP contribution is -2.37. The second kappa shape index (κ2) is 11.0. The maximum absolute atomic E-state index is 14.7. The van der Waals surface area contributed by atoms with Gasteiger partial charge in [-0.1, -0.05) is 35.9 Å². The van der Waals surface area contributed by atoms with Gasteiger partial charge in [0.1, 0.15) is 5.82 Å². The molecule has 5 nitrogen and oxygen atoms in total. The fraction of sp³-hybridized carbons (Fsp3) is 0.194. The monoisotopic (exact) mass is 524 g/mol. The highest BCUT2D eigenvalue weighted by molar-refractivity contribution is 6.30. The lowest BCUT2D eigenvalue weighted by atomic mass is 9.97. The highest BCUT2D eigenvalue weighted by atomic mass is 35.5. The first-order valence-electron chi connectivity index (χ1n) is 12.7. The van der Waals surface area contributed by atoms with E-state index in [0.717, 1.165) is 66.9 Å². The number of benzene rings is 2. The molecule has 0 unspecified atom stereocenters. The van der Waals surface area contributed by atoms with Gasteiger partial charge in [0.05, 0.1) is 18.9 Å². The van der Waals surface area contributed by atoms with Gasteiger partial charge in [-0.3, -0.25) is 9.88 Å². The van der Waals surface area contributed by atoms with Crippen LogP contribution in [0.3, 0.4) is 0 Å². The molecule has 0 radical (unpaired) electrons. The van der Waals surface area contributed by atoms with Crippen LogP contribution >= 0.6 is 11.6 Å². The number of fused-ring (bicyclic) bond motifs is 1. The molecule has 4 heterocycles. The molecule has 0 aliphatic carbocycles. The molecule has 2 aromatic carbocycles. The van der Waals surface area contributed by atoms with Gasteiger partial charge in [-0.2, -0.15) is 0 Å². The Hall–Kier alpha value is -3.71. The van der Waals surface area contributed by atoms with Crippen LogP contribution in [0.4, 0.5) is 4.39 Å². The Kier molecular flexibility index (Phi) is 7.10. The highest BCUT2D eigenvalue weighted by Crippen LogP contribution is 2.34. The molecule has 1 aliphatic heterocycles. The molecule has 0 bridgehead atoms. The Morgan fingerprint density at radius 1 is 0.868 bits per heavy atom. The van der Waals surface area contributed by atoms with Crippen molar-refractivity contribution in [2.24, 2.45) is 0 Å². The summed E-state index contributed by atoms with van der Waals surface area (Å²) in [4.78, 5) is 16.1. The number of rotatable bonds is 6. The van der Waals surface area contributed by atoms with E-state index in [9.17, 15) is 4.39 Å². The zero-order chi connectivity index (χ0) is 25.9. The molecule has 5 aromatic rings. The van der Waals surface area contributed by atoms with E-state index in [1.807, 2.05) is 30.6 Å². The van der Waals surface area contributed by atoms with E-state index in [1.54, 1.807) is 12.3 Å². The molecule has 0 saturated carbocycles. The van der Waals surface area contributed by atoms with E-state index >= 15 is 0 Å². The van der Waals surface area contributed by atoms with Crippen molar-refractivity contribution in [3.8, 4) is 33.5 Å². The van der Waals surface area contributed by atoms with Crippen molar-refractivity contribution in [3.05, 3.63) is 102 Å². The van der Waals surface area contributed by atoms with Gasteiger partial charge < -0.3 is 4.74 Å². The minimum Gasteiger partial charge on any atom is -0.379 e. The van der Waals surface area contributed by atoms with Gasteiger partial charge in [0.25, 0.3) is 0 Å². The molecule has 38 heavy (non-hydrogen) atoms. The predicted molar refractivity (Wildman–Crippen MR) is 150 cm³/mol. The molecular formula is C31H26ClFN4O. The van der Waals surface area contributed by atoms with Crippen molar-refractivity contribution in [3.63, 3.8) is 0 Å². The summed E-state index contributed by atoms with van der Waals surface area (Å²) in [5.74, 6) is -0.385. The van der Waals surface area contributed by atoms with Gasteiger partial charge in [-0.25, -0.2) is 14.4 Å². The van der Waals surface area contributed by atoms with Crippen LogP contribution in [-0.2, 0) is 11.2 Å². The first-order valence-corrected chi connectivity index (χ1v) is 13.1. The Morgan fingerprint density at radius 3 is 2.53 bits per heavy atom. The Labute approximate surface area is 225 Å². The van der Waals surface area contributed by atoms with Crippen molar-refractivity contribution < 1.29 is 9.13 Å². The maximum atomic E-state index is 14.7. The minimum atomic E-state index is -0.385. The summed E-state index contributed by atoms with van der Waals surface area (Å²) >= 11 is 6.17. The molecule has 0 N–H and O–H groups in total. The van der Waals surface area contributed by atoms with Crippen molar-refractivity contribution in [2.45, 2.75) is 6.42 Å². The number of nitrogens with zero attached hydrogens (tertiary/aromatic N) is 4. The van der Waals surface area contributed by atoms with Crippen LogP contribution in [0.2, 0.25) is 5.02 Å². The summed E-state index contributed by atoms with van der Waals surface area (Å²) in [6.45, 7) is 4.68. The smallest absolute Gasteiger partial charge is 0.160 e. The molecule has 1 fully saturated rings. The van der Waals surface area contributed by atoms with Crippen LogP contribution in [0.1, 0.15) is 5.56 Å². The third kappa shape index (κ3) is 5.29. The molecule has 1 aliphatic rings. The predicted octanol–water partition coefficient (Wildman–Crippen LogP) is 6.69. The summed E-state index contributed by atoms with van der Waals surface area (Å²) in [7, 11) is 0. The summed E-state index contributed by atoms with van der Waals surface area (Å²) in [5.41, 5.74) is 6.54. The van der Waals surface area contributed by atoms with Crippen LogP contribution in [0.25, 0.3) is 44.5 Å². The molecule has 0 spiro atoms. The van der Waals surface area contributed by atoms with Crippen molar-refractivity contribution >= 4 is 22.6 Å². The topological polar surface area (TPSA) is 51.1 Å². The van der Waals surface area contributed by atoms with Gasteiger partial charge in [0.15, 0.2) is 5.65 Å². The molecule has 190 valence electrons. The zero-order valence-electron chi connectivity index (χ0n) is 20.8. The quantitative estimate of drug-likeness (QED) is 0.247. The third-order valence-electron chi connectivity index (χ3n) is 6.95. The zero-order valence-corrected chi connectivity index (χ0v) is 21.5. The molecule has 6 rings (SSSR count). The third-order valence-corrected chi connectivity index (χ3v) is 7.18. The fourth-order valence-corrected chi connectivity index (χ4v) is 5.02. The second-order valence-electron chi connectivity index (χ2n) is 9.42. The molecule has 0 atom stereocenters. The highest BCUT2D eigenvalue weighted by Gasteiger charge is 2.15. The fourth-order valence-electron chi connectivity index (χ4n) is 4.85. The van der Waals surface area contributed by atoms with E-state index in [4.69, 9.17) is 16.3 Å². The summed E-state index contributed by atoms with van der Waals surface area (Å²) in [5, 5.41) is 1.32. The standard InChI is InChI=1S/C31H26ClFN4O/c32-25-7-8-29(33)28(17-25)30-18-27(26-2-1-10-35-31(26)36-30)24-16-23(19-34-20-24)22-5-3-21(4-6-22)9-11-37-12-14-38-15-13-37/h1-8,10,16-20H,9,11-15H2. The van der Waals surface area contributed by atoms with Gasteiger partial charge in [0, 0.05) is 65.3 Å². The molecule has 1 saturated heterocycles. The van der Waals surface area contributed by atoms with Crippen molar-refractivity contribution in [1.29, 1.82) is 0 Å². The first kappa shape index (κ1) is 24.6. The van der Waals surface area contributed by atoms with E-state index in [2.05, 4.69) is 50.2 Å². The van der Waals surface area contributed by atoms with E-state index in [0.29, 0.717) is 21.9 Å². The van der Waals surface area contributed by atoms with Crippen molar-refractivity contribution in [2.75, 3.05) is 32.8 Å². The Morgan fingerprint density at radius 2 is 1.68 bits per heavy atom. The second-order valence-corrected chi connectivity index (χ2v) is 9.85. The lowest BCUT2D eigenvalue weighted by molar-refractivity contribution is 0.0384. The Bertz CT molecular complexity index is 1590. The molecule has 7 heteroatoms. The Balaban J connectivity index is 1.32. The number of hydrogen-bond donors (Lipinski definition) is 0. The van der Waals surface area contributed by atoms with Gasteiger partial charge in [-0.05, 0) is 65.6 Å². The van der Waals surface area contributed by atoms with E-state index < -0.39 is 0 Å². The number of pyridine rings is 3. The average Bonchev–Trinajstić information content (AvgIpc) is 2.97. The normalized spacial score (nSPS) is 14.2. The van der Waals surface area contributed by atoms with E-state index in [-0.39, 0.29) is 5.82 Å². The summed E-state index contributed by atoms with van der Waals surface area (Å²) < 4.78 is 20.2. The average molecular weight is 525 g/mol. The van der Waals surface area contributed by atoms with Gasteiger partial charge in [-0.15, -0.1) is 0 Å². The largest absolute Gasteiger partial charge is 0.379 e. The van der Waals surface area contributed by atoms with Gasteiger partial charge >= 0.3 is 0 Å². The summed E-state index contributed by atoms with van der Waals surface area (Å²) in [6, 6.07) is 21.0. The van der Waals surface area contributed by atoms with Gasteiger partial charge in [0.2, 0.25) is 0 Å². The lowest BCUT2D eigenvalue weighted by Gasteiger charge is -2.26. The van der Waals surface area contributed by atoms with Crippen molar-refractivity contribution in [1.82, 2.24) is 19.9 Å². The maximum Gasteiger partial charge on any atom is 0.160 e. The van der Waals surface area contributed by atoms with Crippen LogP contribution in [0.5, 0.6) is 0 Å². The first-order chi connectivity index (χ1) is 18.6. The van der Waals surface area contributed by atoms with Crippen LogP contribution in [0, 0.1) is 5.82 Å². The molecule has 3 aromatic heterocycles. The molecular weight excluding hydrogens is 499 g/mol. The van der Waals surface area contributed by atoms with Crippen LogP contribution in [0.15, 0.2) is 85.3 Å². The van der Waals surface area contributed by atoms with Crippen LogP contribution < -0.4 is 0 Å². The summed E-state index contributed by atoms with van der Waals surface area (Å²) in [6.07, 6.45) is 6.38. The number of morpholine rings is 1. The number of aromatic nitrogens is 3. The number of hydrogen-bond acceptors (Lipinski definition) is 5.